The van der Waals surface area contributed by atoms with E-state index in [0.717, 1.165) is 30.0 Å². The summed E-state index contributed by atoms with van der Waals surface area (Å²) in [5.74, 6) is 0. The molecule has 0 fully saturated rings. The Bertz CT molecular complexity index is 548. The van der Waals surface area contributed by atoms with Gasteiger partial charge in [0.1, 0.15) is 0 Å². The maximum atomic E-state index is 9.57. The van der Waals surface area contributed by atoms with E-state index in [4.69, 9.17) is 0 Å². The molecule has 0 bridgehead atoms. The van der Waals surface area contributed by atoms with Gasteiger partial charge >= 0.3 is 0 Å². The minimum atomic E-state index is -0.278. The Hall–Kier alpha value is -1.65. The van der Waals surface area contributed by atoms with Gasteiger partial charge in [-0.15, -0.1) is 0 Å². The number of rotatable bonds is 6. The molecule has 2 rings (SSSR count). The fraction of sp³-hybridized carbons (Fsp3) is 0.438. The number of aliphatic hydroxyl groups excluding tert-OH is 1. The second-order valence-corrected chi connectivity index (χ2v) is 5.09. The van der Waals surface area contributed by atoms with Crippen LogP contribution in [0.2, 0.25) is 0 Å². The molecule has 1 aromatic carbocycles. The van der Waals surface area contributed by atoms with Crippen molar-refractivity contribution in [3.05, 3.63) is 47.3 Å². The Morgan fingerprint density at radius 2 is 1.95 bits per heavy atom. The first-order valence-corrected chi connectivity index (χ1v) is 7.12. The number of nitrogens with zero attached hydrogens (tertiary/aromatic N) is 2. The van der Waals surface area contributed by atoms with Crippen molar-refractivity contribution in [2.75, 3.05) is 6.54 Å². The van der Waals surface area contributed by atoms with E-state index in [2.05, 4.69) is 29.5 Å². The van der Waals surface area contributed by atoms with Gasteiger partial charge < -0.3 is 10.4 Å². The molecule has 0 spiro atoms. The van der Waals surface area contributed by atoms with Crippen LogP contribution in [0.1, 0.15) is 30.3 Å². The highest BCUT2D eigenvalue weighted by Crippen LogP contribution is 2.17. The summed E-state index contributed by atoms with van der Waals surface area (Å²) in [7, 11) is 0. The summed E-state index contributed by atoms with van der Waals surface area (Å²) in [6.07, 6.45) is 0.494. The van der Waals surface area contributed by atoms with Crippen molar-refractivity contribution in [2.45, 2.75) is 39.8 Å². The molecule has 0 saturated heterocycles. The molecular formula is C16H23N3O. The second-order valence-electron chi connectivity index (χ2n) is 5.09. The smallest absolute Gasteiger partial charge is 0.0662 e. The molecule has 0 aliphatic heterocycles. The molecule has 0 aliphatic rings. The van der Waals surface area contributed by atoms with E-state index in [1.807, 2.05) is 36.7 Å². The number of aromatic nitrogens is 2. The number of aryl methyl sites for hydroxylation is 1. The molecule has 0 radical (unpaired) electrons. The fourth-order valence-corrected chi connectivity index (χ4v) is 2.26. The van der Waals surface area contributed by atoms with Crippen LogP contribution in [-0.4, -0.2) is 27.5 Å². The normalized spacial score (nSPS) is 12.6. The lowest BCUT2D eigenvalue weighted by molar-refractivity contribution is 0.167. The zero-order chi connectivity index (χ0) is 14.5. The highest BCUT2D eigenvalue weighted by molar-refractivity contribution is 5.36. The molecule has 1 aromatic heterocycles. The molecule has 0 amide bonds. The monoisotopic (exact) mass is 273 g/mol. The van der Waals surface area contributed by atoms with Gasteiger partial charge in [0.25, 0.3) is 0 Å². The van der Waals surface area contributed by atoms with Crippen molar-refractivity contribution in [1.82, 2.24) is 15.1 Å². The molecule has 1 heterocycles. The highest BCUT2D eigenvalue weighted by Gasteiger charge is 2.12. The summed E-state index contributed by atoms with van der Waals surface area (Å²) < 4.78 is 1.97. The number of hydrogen-bond acceptors (Lipinski definition) is 3. The van der Waals surface area contributed by atoms with Crippen molar-refractivity contribution in [1.29, 1.82) is 0 Å². The van der Waals surface area contributed by atoms with Gasteiger partial charge in [-0.3, -0.25) is 0 Å². The van der Waals surface area contributed by atoms with Crippen molar-refractivity contribution >= 4 is 0 Å². The quantitative estimate of drug-likeness (QED) is 0.849. The molecule has 20 heavy (non-hydrogen) atoms. The first-order chi connectivity index (χ1) is 9.63. The highest BCUT2D eigenvalue weighted by atomic mass is 16.3. The summed E-state index contributed by atoms with van der Waals surface area (Å²) >= 11 is 0. The number of hydrogen-bond donors (Lipinski definition) is 2. The van der Waals surface area contributed by atoms with Crippen LogP contribution in [-0.2, 0) is 6.54 Å². The van der Waals surface area contributed by atoms with Gasteiger partial charge in [-0.05, 0) is 32.4 Å². The molecule has 0 aliphatic carbocycles. The van der Waals surface area contributed by atoms with E-state index in [-0.39, 0.29) is 6.10 Å². The lowest BCUT2D eigenvalue weighted by Crippen LogP contribution is -2.26. The average molecular weight is 273 g/mol. The van der Waals surface area contributed by atoms with Gasteiger partial charge in [-0.1, -0.05) is 25.1 Å². The van der Waals surface area contributed by atoms with E-state index in [1.165, 1.54) is 5.56 Å². The Balaban J connectivity index is 2.13. The standard InChI is InChI=1S/C16H23N3O/c1-4-15(20)10-17-11-16-12(2)18-19(13(16)3)14-8-6-5-7-9-14/h5-9,15,17,20H,4,10-11H2,1-3H3. The van der Waals surface area contributed by atoms with Crippen LogP contribution in [0, 0.1) is 13.8 Å². The van der Waals surface area contributed by atoms with Crippen LogP contribution in [0.4, 0.5) is 0 Å². The molecule has 4 nitrogen and oxygen atoms in total. The average Bonchev–Trinajstić information content (AvgIpc) is 2.75. The predicted octanol–water partition coefficient (Wildman–Crippen LogP) is 2.35. The van der Waals surface area contributed by atoms with Gasteiger partial charge in [0.15, 0.2) is 0 Å². The zero-order valence-electron chi connectivity index (χ0n) is 12.4. The van der Waals surface area contributed by atoms with E-state index in [0.29, 0.717) is 6.54 Å². The number of benzene rings is 1. The van der Waals surface area contributed by atoms with E-state index < -0.39 is 0 Å². The fourth-order valence-electron chi connectivity index (χ4n) is 2.26. The summed E-state index contributed by atoms with van der Waals surface area (Å²) in [6, 6.07) is 10.1. The number of para-hydroxylation sites is 1. The predicted molar refractivity (Wildman–Crippen MR) is 81.0 cm³/mol. The summed E-state index contributed by atoms with van der Waals surface area (Å²) in [4.78, 5) is 0. The maximum Gasteiger partial charge on any atom is 0.0662 e. The third kappa shape index (κ3) is 3.26. The molecule has 4 heteroatoms. The van der Waals surface area contributed by atoms with Gasteiger partial charge in [0, 0.05) is 24.3 Å². The first kappa shape index (κ1) is 14.8. The van der Waals surface area contributed by atoms with Gasteiger partial charge in [0.2, 0.25) is 0 Å². The minimum absolute atomic E-state index is 0.278. The second kappa shape index (κ2) is 6.68. The van der Waals surface area contributed by atoms with Crippen LogP contribution in [0.15, 0.2) is 30.3 Å². The summed E-state index contributed by atoms with van der Waals surface area (Å²) in [5.41, 5.74) is 4.46. The lowest BCUT2D eigenvalue weighted by Gasteiger charge is -2.10. The van der Waals surface area contributed by atoms with Crippen molar-refractivity contribution < 1.29 is 5.11 Å². The topological polar surface area (TPSA) is 50.1 Å². The molecular weight excluding hydrogens is 250 g/mol. The lowest BCUT2D eigenvalue weighted by atomic mass is 10.2. The summed E-state index contributed by atoms with van der Waals surface area (Å²) in [5, 5.41) is 17.5. The van der Waals surface area contributed by atoms with Crippen LogP contribution in [0.25, 0.3) is 5.69 Å². The largest absolute Gasteiger partial charge is 0.392 e. The molecule has 108 valence electrons. The molecule has 2 aromatic rings. The Labute approximate surface area is 120 Å². The van der Waals surface area contributed by atoms with Gasteiger partial charge in [-0.2, -0.15) is 5.10 Å². The Kier molecular flexibility index (Phi) is 4.93. The van der Waals surface area contributed by atoms with Crippen molar-refractivity contribution in [3.63, 3.8) is 0 Å². The molecule has 2 N–H and O–H groups in total. The van der Waals surface area contributed by atoms with Crippen LogP contribution < -0.4 is 5.32 Å². The van der Waals surface area contributed by atoms with Crippen LogP contribution in [0.5, 0.6) is 0 Å². The number of aliphatic hydroxyl groups is 1. The van der Waals surface area contributed by atoms with E-state index in [9.17, 15) is 5.11 Å². The minimum Gasteiger partial charge on any atom is -0.392 e. The van der Waals surface area contributed by atoms with Gasteiger partial charge in [-0.25, -0.2) is 4.68 Å². The van der Waals surface area contributed by atoms with Crippen molar-refractivity contribution in [3.8, 4) is 5.69 Å². The SMILES string of the molecule is CCC(O)CNCc1c(C)nn(-c2ccccc2)c1C. The molecule has 0 saturated carbocycles. The van der Waals surface area contributed by atoms with E-state index >= 15 is 0 Å². The van der Waals surface area contributed by atoms with Crippen LogP contribution in [0.3, 0.4) is 0 Å². The van der Waals surface area contributed by atoms with Crippen molar-refractivity contribution in [2.24, 2.45) is 0 Å². The number of nitrogens with one attached hydrogen (secondary N) is 1. The summed E-state index contributed by atoms with van der Waals surface area (Å²) in [6.45, 7) is 7.45. The third-order valence-electron chi connectivity index (χ3n) is 3.59. The zero-order valence-corrected chi connectivity index (χ0v) is 12.4. The Morgan fingerprint density at radius 3 is 2.60 bits per heavy atom. The maximum absolute atomic E-state index is 9.57. The third-order valence-corrected chi connectivity index (χ3v) is 3.59. The van der Waals surface area contributed by atoms with Crippen LogP contribution >= 0.6 is 0 Å². The van der Waals surface area contributed by atoms with Gasteiger partial charge in [0.05, 0.1) is 17.5 Å². The molecule has 1 atom stereocenters. The Morgan fingerprint density at radius 1 is 1.25 bits per heavy atom. The first-order valence-electron chi connectivity index (χ1n) is 7.12. The van der Waals surface area contributed by atoms with E-state index in [1.54, 1.807) is 0 Å². The molecule has 1 unspecified atom stereocenters.